The van der Waals surface area contributed by atoms with Gasteiger partial charge < -0.3 is 14.2 Å². The van der Waals surface area contributed by atoms with Gasteiger partial charge in [-0.2, -0.15) is 0 Å². The molecule has 1 aliphatic rings. The standard InChI is InChI=1S/C22H31N3O2/c1-21(2,3)16-10-14(11-17(19(16)27)22(4,5)6)18(26)13-24-12-15-8-7-9-25(15)20(24)23/h10-12,23,27H,7-9,13H2,1-6H3. The van der Waals surface area contributed by atoms with E-state index in [-0.39, 0.29) is 28.9 Å². The van der Waals surface area contributed by atoms with Crippen LogP contribution in [0.4, 0.5) is 0 Å². The van der Waals surface area contributed by atoms with Crippen LogP contribution >= 0.6 is 0 Å². The molecule has 0 unspecified atom stereocenters. The Balaban J connectivity index is 2.03. The maximum absolute atomic E-state index is 13.1. The first kappa shape index (κ1) is 19.5. The van der Waals surface area contributed by atoms with E-state index in [2.05, 4.69) is 0 Å². The molecule has 0 radical (unpaired) electrons. The lowest BCUT2D eigenvalue weighted by Crippen LogP contribution is -2.27. The van der Waals surface area contributed by atoms with Crippen LogP contribution in [0.5, 0.6) is 5.75 Å². The number of hydrogen-bond acceptors (Lipinski definition) is 3. The number of aromatic hydroxyl groups is 1. The molecule has 3 rings (SSSR count). The van der Waals surface area contributed by atoms with Crippen LogP contribution in [0.3, 0.4) is 0 Å². The summed E-state index contributed by atoms with van der Waals surface area (Å²) in [5.74, 6) is 0.247. The Morgan fingerprint density at radius 2 is 1.67 bits per heavy atom. The van der Waals surface area contributed by atoms with E-state index in [0.29, 0.717) is 11.2 Å². The van der Waals surface area contributed by atoms with Crippen LogP contribution in [0, 0.1) is 5.41 Å². The summed E-state index contributed by atoms with van der Waals surface area (Å²) in [5, 5.41) is 19.1. The van der Waals surface area contributed by atoms with Crippen molar-refractivity contribution in [3.63, 3.8) is 0 Å². The molecule has 2 aromatic rings. The number of Topliss-reactive ketones (excluding diaryl/α,β-unsaturated/α-hetero) is 1. The summed E-state index contributed by atoms with van der Waals surface area (Å²) in [5.41, 5.74) is 3.14. The second-order valence-corrected chi connectivity index (χ2v) is 9.67. The van der Waals surface area contributed by atoms with Crippen LogP contribution < -0.4 is 5.62 Å². The topological polar surface area (TPSA) is 71.0 Å². The Morgan fingerprint density at radius 1 is 1.11 bits per heavy atom. The third-order valence-corrected chi connectivity index (χ3v) is 5.36. The minimum absolute atomic E-state index is 0.0335. The number of nitrogens with zero attached hydrogens (tertiary/aromatic N) is 2. The third kappa shape index (κ3) is 3.60. The van der Waals surface area contributed by atoms with Crippen molar-refractivity contribution in [3.05, 3.63) is 46.3 Å². The van der Waals surface area contributed by atoms with Gasteiger partial charge in [-0.15, -0.1) is 0 Å². The molecule has 0 spiro atoms. The number of rotatable bonds is 3. The number of phenolic OH excluding ortho intramolecular Hbond substituents is 1. The van der Waals surface area contributed by atoms with Crippen LogP contribution in [-0.4, -0.2) is 20.0 Å². The van der Waals surface area contributed by atoms with Crippen LogP contribution in [0.25, 0.3) is 0 Å². The van der Waals surface area contributed by atoms with E-state index < -0.39 is 0 Å². The molecule has 2 heterocycles. The SMILES string of the molecule is CC(C)(C)c1cc(C(=O)Cn2cc3n(c2=N)CCC3)cc(C(C)(C)C)c1O. The highest BCUT2D eigenvalue weighted by Gasteiger charge is 2.28. The lowest BCUT2D eigenvalue weighted by Gasteiger charge is -2.28. The summed E-state index contributed by atoms with van der Waals surface area (Å²) in [6, 6.07) is 3.64. The first-order valence-electron chi connectivity index (χ1n) is 9.64. The largest absolute Gasteiger partial charge is 0.507 e. The number of nitrogens with one attached hydrogen (secondary N) is 1. The molecule has 146 valence electrons. The van der Waals surface area contributed by atoms with Crippen LogP contribution in [0.15, 0.2) is 18.3 Å². The minimum Gasteiger partial charge on any atom is -0.507 e. The number of phenols is 1. The van der Waals surface area contributed by atoms with Gasteiger partial charge in [0.2, 0.25) is 5.62 Å². The van der Waals surface area contributed by atoms with Crippen LogP contribution in [0.1, 0.15) is 75.1 Å². The Bertz CT molecular complexity index is 914. The molecule has 1 aliphatic heterocycles. The summed E-state index contributed by atoms with van der Waals surface area (Å²) in [6.07, 6.45) is 3.97. The van der Waals surface area contributed by atoms with Gasteiger partial charge in [-0.1, -0.05) is 41.5 Å². The number of carbonyl (C=O) groups is 1. The number of hydrogen-bond donors (Lipinski definition) is 2. The number of aromatic nitrogens is 2. The zero-order chi connectivity index (χ0) is 20.1. The van der Waals surface area contributed by atoms with Gasteiger partial charge in [0.25, 0.3) is 0 Å². The molecule has 0 bridgehead atoms. The maximum atomic E-state index is 13.1. The van der Waals surface area contributed by atoms with Crippen molar-refractivity contribution in [2.75, 3.05) is 0 Å². The van der Waals surface area contributed by atoms with Crippen molar-refractivity contribution in [2.45, 2.75) is 78.3 Å². The van der Waals surface area contributed by atoms with Gasteiger partial charge in [0, 0.05) is 35.1 Å². The monoisotopic (exact) mass is 369 g/mol. The molecule has 0 amide bonds. The van der Waals surface area contributed by atoms with Gasteiger partial charge in [0.1, 0.15) is 5.75 Å². The van der Waals surface area contributed by atoms with Gasteiger partial charge in [-0.05, 0) is 35.8 Å². The lowest BCUT2D eigenvalue weighted by atomic mass is 9.78. The van der Waals surface area contributed by atoms with Gasteiger partial charge in [0.15, 0.2) is 5.78 Å². The molecule has 5 heteroatoms. The predicted molar refractivity (Wildman–Crippen MR) is 106 cm³/mol. The molecule has 2 N–H and O–H groups in total. The van der Waals surface area contributed by atoms with Crippen molar-refractivity contribution >= 4 is 5.78 Å². The van der Waals surface area contributed by atoms with Crippen LogP contribution in [-0.2, 0) is 30.3 Å². The Hall–Kier alpha value is -2.30. The van der Waals surface area contributed by atoms with Gasteiger partial charge >= 0.3 is 0 Å². The average Bonchev–Trinajstić information content (AvgIpc) is 3.09. The first-order valence-corrected chi connectivity index (χ1v) is 9.64. The quantitative estimate of drug-likeness (QED) is 0.806. The summed E-state index contributed by atoms with van der Waals surface area (Å²) in [7, 11) is 0. The zero-order valence-electron chi connectivity index (χ0n) is 17.3. The van der Waals surface area contributed by atoms with E-state index in [0.717, 1.165) is 36.2 Å². The van der Waals surface area contributed by atoms with Crippen molar-refractivity contribution in [1.82, 2.24) is 9.13 Å². The van der Waals surface area contributed by atoms with Gasteiger partial charge in [-0.3, -0.25) is 10.2 Å². The van der Waals surface area contributed by atoms with E-state index in [4.69, 9.17) is 5.41 Å². The molecule has 0 aliphatic carbocycles. The molecule has 1 aromatic carbocycles. The predicted octanol–water partition coefficient (Wildman–Crippen LogP) is 3.90. The Kier molecular flexibility index (Phi) is 4.61. The zero-order valence-corrected chi connectivity index (χ0v) is 17.3. The van der Waals surface area contributed by atoms with E-state index in [1.54, 1.807) is 4.57 Å². The smallest absolute Gasteiger partial charge is 0.202 e. The number of fused-ring (bicyclic) bond motifs is 1. The van der Waals surface area contributed by atoms with Crippen molar-refractivity contribution in [2.24, 2.45) is 0 Å². The molecule has 5 nitrogen and oxygen atoms in total. The van der Waals surface area contributed by atoms with Crippen LogP contribution in [0.2, 0.25) is 0 Å². The molecular weight excluding hydrogens is 338 g/mol. The van der Waals surface area contributed by atoms with Gasteiger partial charge in [-0.25, -0.2) is 0 Å². The fourth-order valence-corrected chi connectivity index (χ4v) is 3.77. The molecule has 0 saturated heterocycles. The third-order valence-electron chi connectivity index (χ3n) is 5.36. The summed E-state index contributed by atoms with van der Waals surface area (Å²) in [4.78, 5) is 13.1. The molecule has 0 atom stereocenters. The van der Waals surface area contributed by atoms with E-state index in [1.165, 1.54) is 0 Å². The molecule has 0 saturated carbocycles. The highest BCUT2D eigenvalue weighted by Crippen LogP contribution is 2.39. The van der Waals surface area contributed by atoms with Gasteiger partial charge in [0.05, 0.1) is 6.54 Å². The van der Waals surface area contributed by atoms with Crippen molar-refractivity contribution in [1.29, 1.82) is 5.41 Å². The normalized spacial score (nSPS) is 14.4. The highest BCUT2D eigenvalue weighted by atomic mass is 16.3. The number of aryl methyl sites for hydroxylation is 1. The fraction of sp³-hybridized carbons (Fsp3) is 0.545. The Morgan fingerprint density at radius 3 is 2.15 bits per heavy atom. The number of ketones is 1. The molecular formula is C22H31N3O2. The number of imidazole rings is 1. The van der Waals surface area contributed by atoms with Crippen molar-refractivity contribution in [3.8, 4) is 5.75 Å². The molecule has 0 fully saturated rings. The number of benzene rings is 1. The summed E-state index contributed by atoms with van der Waals surface area (Å²) >= 11 is 0. The maximum Gasteiger partial charge on any atom is 0.202 e. The Labute approximate surface area is 161 Å². The first-order chi connectivity index (χ1) is 12.4. The molecule has 27 heavy (non-hydrogen) atoms. The summed E-state index contributed by atoms with van der Waals surface area (Å²) < 4.78 is 3.71. The van der Waals surface area contributed by atoms with E-state index in [9.17, 15) is 9.90 Å². The molecule has 1 aromatic heterocycles. The minimum atomic E-state index is -0.272. The van der Waals surface area contributed by atoms with E-state index >= 15 is 0 Å². The second kappa shape index (κ2) is 6.39. The lowest BCUT2D eigenvalue weighted by molar-refractivity contribution is 0.0969. The number of carbonyl (C=O) groups excluding carboxylic acids is 1. The van der Waals surface area contributed by atoms with Crippen molar-refractivity contribution < 1.29 is 9.90 Å². The average molecular weight is 370 g/mol. The summed E-state index contributed by atoms with van der Waals surface area (Å²) in [6.45, 7) is 13.2. The fourth-order valence-electron chi connectivity index (χ4n) is 3.77. The highest BCUT2D eigenvalue weighted by molar-refractivity contribution is 5.96. The van der Waals surface area contributed by atoms with E-state index in [1.807, 2.05) is 64.4 Å². The second-order valence-electron chi connectivity index (χ2n) is 9.67.